The van der Waals surface area contributed by atoms with Gasteiger partial charge in [-0.2, -0.15) is 0 Å². The van der Waals surface area contributed by atoms with E-state index in [0.717, 1.165) is 22.3 Å². The van der Waals surface area contributed by atoms with Crippen molar-refractivity contribution in [3.63, 3.8) is 0 Å². The normalized spacial score (nSPS) is 13.5. The lowest BCUT2D eigenvalue weighted by molar-refractivity contribution is -0.134. The molecule has 0 aliphatic carbocycles. The van der Waals surface area contributed by atoms with Gasteiger partial charge < -0.3 is 14.4 Å². The maximum Gasteiger partial charge on any atom is 0.426 e. The molecule has 1 saturated heterocycles. The molecular formula is C32H33N5O5. The van der Waals surface area contributed by atoms with E-state index >= 15 is 0 Å². The summed E-state index contributed by atoms with van der Waals surface area (Å²) in [6, 6.07) is 19.3. The molecule has 0 unspecified atom stereocenters. The number of benzene rings is 2. The van der Waals surface area contributed by atoms with Crippen molar-refractivity contribution in [2.75, 3.05) is 26.3 Å². The van der Waals surface area contributed by atoms with Crippen LogP contribution in [0.1, 0.15) is 36.7 Å². The summed E-state index contributed by atoms with van der Waals surface area (Å²) in [5.41, 5.74) is 9.31. The van der Waals surface area contributed by atoms with E-state index in [1.165, 1.54) is 0 Å². The van der Waals surface area contributed by atoms with Crippen molar-refractivity contribution in [3.8, 4) is 22.4 Å². The third kappa shape index (κ3) is 7.08. The highest BCUT2D eigenvalue weighted by atomic mass is 16.6. The predicted octanol–water partition coefficient (Wildman–Crippen LogP) is 4.53. The molecule has 1 aliphatic rings. The molecule has 0 radical (unpaired) electrons. The van der Waals surface area contributed by atoms with E-state index < -0.39 is 17.6 Å². The first-order valence-corrected chi connectivity index (χ1v) is 13.8. The van der Waals surface area contributed by atoms with Gasteiger partial charge in [-0.05, 0) is 49.6 Å². The maximum absolute atomic E-state index is 13.1. The number of hydrogen-bond acceptors (Lipinski definition) is 7. The second-order valence-corrected chi connectivity index (χ2v) is 11.0. The highest BCUT2D eigenvalue weighted by Gasteiger charge is 2.19. The Labute approximate surface area is 244 Å². The van der Waals surface area contributed by atoms with Crippen LogP contribution in [-0.4, -0.2) is 64.7 Å². The lowest BCUT2D eigenvalue weighted by atomic mass is 9.99. The number of fused-ring (bicyclic) bond motifs is 1. The molecule has 3 amide bonds. The molecule has 0 atom stereocenters. The summed E-state index contributed by atoms with van der Waals surface area (Å²) in [6.07, 6.45) is 2.78. The van der Waals surface area contributed by atoms with Gasteiger partial charge in [0, 0.05) is 36.4 Å². The number of amides is 3. The van der Waals surface area contributed by atoms with Crippen molar-refractivity contribution in [2.45, 2.75) is 32.8 Å². The number of rotatable bonds is 5. The number of nitrogens with one attached hydrogen (secondary N) is 2. The smallest absolute Gasteiger partial charge is 0.426 e. The molecule has 10 heteroatoms. The third-order valence-electron chi connectivity index (χ3n) is 6.72. The highest BCUT2D eigenvalue weighted by Crippen LogP contribution is 2.27. The number of ether oxygens (including phenoxy) is 2. The Morgan fingerprint density at radius 1 is 0.905 bits per heavy atom. The van der Waals surface area contributed by atoms with Gasteiger partial charge in [-0.25, -0.2) is 15.2 Å². The number of nitrogens with zero attached hydrogens (tertiary/aromatic N) is 3. The summed E-state index contributed by atoms with van der Waals surface area (Å²) in [6.45, 7) is 7.67. The van der Waals surface area contributed by atoms with Gasteiger partial charge in [0.2, 0.25) is 5.91 Å². The minimum absolute atomic E-state index is 0.114. The summed E-state index contributed by atoms with van der Waals surface area (Å²) in [5, 5.41) is 0.550. The van der Waals surface area contributed by atoms with Gasteiger partial charge in [0.05, 0.1) is 36.4 Å². The van der Waals surface area contributed by atoms with Gasteiger partial charge in [0.25, 0.3) is 5.91 Å². The Balaban J connectivity index is 1.31. The Hall–Kier alpha value is -4.83. The molecule has 2 N–H and O–H groups in total. The van der Waals surface area contributed by atoms with E-state index in [9.17, 15) is 14.4 Å². The lowest BCUT2D eigenvalue weighted by Crippen LogP contribution is -2.44. The zero-order chi connectivity index (χ0) is 29.7. The molecular weight excluding hydrogens is 534 g/mol. The number of carbonyl (C=O) groups excluding carboxylic acids is 3. The first kappa shape index (κ1) is 28.7. The lowest BCUT2D eigenvalue weighted by Gasteiger charge is -2.26. The molecule has 42 heavy (non-hydrogen) atoms. The number of morpholine rings is 1. The zero-order valence-electron chi connectivity index (χ0n) is 23.8. The molecule has 5 rings (SSSR count). The van der Waals surface area contributed by atoms with Crippen LogP contribution in [0.5, 0.6) is 0 Å². The zero-order valence-corrected chi connectivity index (χ0v) is 23.8. The van der Waals surface area contributed by atoms with Crippen molar-refractivity contribution < 1.29 is 23.9 Å². The molecule has 1 fully saturated rings. The van der Waals surface area contributed by atoms with Crippen molar-refractivity contribution in [1.82, 2.24) is 25.7 Å². The summed E-state index contributed by atoms with van der Waals surface area (Å²) < 4.78 is 10.5. The van der Waals surface area contributed by atoms with Gasteiger partial charge in [0.15, 0.2) is 0 Å². The number of hydrazine groups is 1. The molecule has 1 aliphatic heterocycles. The van der Waals surface area contributed by atoms with E-state index in [1.54, 1.807) is 45.3 Å². The molecule has 3 heterocycles. The van der Waals surface area contributed by atoms with E-state index in [-0.39, 0.29) is 5.91 Å². The van der Waals surface area contributed by atoms with Crippen LogP contribution in [0.3, 0.4) is 0 Å². The Morgan fingerprint density at radius 3 is 2.21 bits per heavy atom. The summed E-state index contributed by atoms with van der Waals surface area (Å²) in [7, 11) is 0. The fourth-order valence-electron chi connectivity index (χ4n) is 4.63. The van der Waals surface area contributed by atoms with E-state index in [1.807, 2.05) is 53.4 Å². The first-order chi connectivity index (χ1) is 20.2. The molecule has 0 saturated carbocycles. The van der Waals surface area contributed by atoms with E-state index in [4.69, 9.17) is 14.5 Å². The maximum atomic E-state index is 13.1. The largest absolute Gasteiger partial charge is 0.443 e. The molecule has 2 aromatic carbocycles. The van der Waals surface area contributed by atoms with Crippen molar-refractivity contribution >= 4 is 28.8 Å². The van der Waals surface area contributed by atoms with Crippen LogP contribution in [0.2, 0.25) is 0 Å². The van der Waals surface area contributed by atoms with Gasteiger partial charge >= 0.3 is 6.09 Å². The van der Waals surface area contributed by atoms with Crippen LogP contribution in [0.25, 0.3) is 33.3 Å². The molecule has 4 aromatic rings. The Kier molecular flexibility index (Phi) is 8.44. The van der Waals surface area contributed by atoms with Crippen LogP contribution >= 0.6 is 0 Å². The second-order valence-electron chi connectivity index (χ2n) is 11.0. The number of aromatic nitrogens is 2. The molecule has 216 valence electrons. The van der Waals surface area contributed by atoms with Crippen LogP contribution in [-0.2, 0) is 20.7 Å². The average molecular weight is 568 g/mol. The van der Waals surface area contributed by atoms with Gasteiger partial charge in [-0.3, -0.25) is 20.0 Å². The predicted molar refractivity (Wildman–Crippen MR) is 158 cm³/mol. The molecule has 10 nitrogen and oxygen atoms in total. The quantitative estimate of drug-likeness (QED) is 0.340. The topological polar surface area (TPSA) is 123 Å². The molecule has 0 bridgehead atoms. The second kappa shape index (κ2) is 12.4. The minimum atomic E-state index is -0.764. The number of pyridine rings is 2. The Bertz CT molecular complexity index is 1590. The average Bonchev–Trinajstić information content (AvgIpc) is 2.99. The highest BCUT2D eigenvalue weighted by molar-refractivity contribution is 6.07. The molecule has 0 spiro atoms. The van der Waals surface area contributed by atoms with E-state index in [0.29, 0.717) is 54.9 Å². The van der Waals surface area contributed by atoms with Crippen LogP contribution in [0.4, 0.5) is 4.79 Å². The van der Waals surface area contributed by atoms with Crippen LogP contribution in [0.15, 0.2) is 73.1 Å². The van der Waals surface area contributed by atoms with Crippen molar-refractivity contribution in [3.05, 3.63) is 84.2 Å². The van der Waals surface area contributed by atoms with E-state index in [2.05, 4.69) is 15.8 Å². The first-order valence-electron chi connectivity index (χ1n) is 13.8. The summed E-state index contributed by atoms with van der Waals surface area (Å²) >= 11 is 0. The summed E-state index contributed by atoms with van der Waals surface area (Å²) in [4.78, 5) is 48.4. The van der Waals surface area contributed by atoms with Crippen LogP contribution < -0.4 is 10.9 Å². The number of hydrogen-bond donors (Lipinski definition) is 2. The number of carbonyl (C=O) groups is 3. The van der Waals surface area contributed by atoms with Crippen LogP contribution in [0, 0.1) is 0 Å². The van der Waals surface area contributed by atoms with Gasteiger partial charge in [-0.15, -0.1) is 0 Å². The standard InChI is InChI=1S/C32H33N5O5/c1-32(2,3)42-31(40)36-35-30(39)25-19-28(34-27-12-13-33-20-26(25)27)24-10-8-23(9-11-24)22-6-4-21(5-7-22)18-29(38)37-14-16-41-17-15-37/h4-13,19-20H,14-18H2,1-3H3,(H,35,39)(H,36,40). The van der Waals surface area contributed by atoms with Crippen molar-refractivity contribution in [1.29, 1.82) is 0 Å². The SMILES string of the molecule is CC(C)(C)OC(=O)NNC(=O)c1cc(-c2ccc(-c3ccc(CC(=O)N4CCOCC4)cc3)cc2)nc2ccncc12. The monoisotopic (exact) mass is 567 g/mol. The molecule has 2 aromatic heterocycles. The minimum Gasteiger partial charge on any atom is -0.443 e. The Morgan fingerprint density at radius 2 is 1.55 bits per heavy atom. The summed E-state index contributed by atoms with van der Waals surface area (Å²) in [5.74, 6) is -0.408. The van der Waals surface area contributed by atoms with Crippen molar-refractivity contribution in [2.24, 2.45) is 0 Å². The fourth-order valence-corrected chi connectivity index (χ4v) is 4.63. The van der Waals surface area contributed by atoms with Gasteiger partial charge in [0.1, 0.15) is 5.60 Å². The fraction of sp³-hybridized carbons (Fsp3) is 0.281. The third-order valence-corrected chi connectivity index (χ3v) is 6.72. The van der Waals surface area contributed by atoms with Gasteiger partial charge in [-0.1, -0.05) is 48.5 Å².